The van der Waals surface area contributed by atoms with Crippen LogP contribution in [0.1, 0.15) is 51.0 Å². The number of phenolic OH excluding ortho intramolecular Hbond substituents is 1. The molecule has 1 fully saturated rings. The topological polar surface area (TPSA) is 81.6 Å². The number of hydrogen-bond acceptors (Lipinski definition) is 3. The molecule has 0 aromatic heterocycles. The fraction of sp³-hybridized carbons (Fsp3) is 0.611. The van der Waals surface area contributed by atoms with E-state index in [2.05, 4.69) is 10.6 Å². The zero-order valence-corrected chi connectivity index (χ0v) is 13.8. The van der Waals surface area contributed by atoms with Crippen LogP contribution < -0.4 is 10.6 Å². The van der Waals surface area contributed by atoms with E-state index in [1.54, 1.807) is 12.1 Å². The number of amides is 2. The minimum atomic E-state index is -0.731. The summed E-state index contributed by atoms with van der Waals surface area (Å²) in [7, 11) is 0. The normalized spacial score (nSPS) is 18.2. The quantitative estimate of drug-likeness (QED) is 0.650. The van der Waals surface area contributed by atoms with Crippen LogP contribution in [0.25, 0.3) is 0 Å². The molecule has 1 unspecified atom stereocenters. The molecule has 1 saturated carbocycles. The third kappa shape index (κ3) is 6.10. The van der Waals surface area contributed by atoms with Crippen molar-refractivity contribution in [1.82, 2.24) is 10.6 Å². The van der Waals surface area contributed by atoms with Gasteiger partial charge in [-0.1, -0.05) is 31.4 Å². The number of aryl methyl sites for hydroxylation is 1. The Hall–Kier alpha value is -1.75. The van der Waals surface area contributed by atoms with Crippen molar-refractivity contribution in [2.24, 2.45) is 0 Å². The Morgan fingerprint density at radius 1 is 1.22 bits per heavy atom. The van der Waals surface area contributed by atoms with Crippen LogP contribution in [-0.2, 0) is 6.42 Å². The highest BCUT2D eigenvalue weighted by atomic mass is 16.3. The lowest BCUT2D eigenvalue weighted by molar-refractivity contribution is 0.00713. The molecule has 1 aromatic rings. The Kier molecular flexibility index (Phi) is 6.28. The van der Waals surface area contributed by atoms with E-state index in [0.717, 1.165) is 44.1 Å². The molecular weight excluding hydrogens is 292 g/mol. The van der Waals surface area contributed by atoms with Crippen molar-refractivity contribution in [3.63, 3.8) is 0 Å². The molecular formula is C18H28N2O3. The number of phenols is 1. The maximum atomic E-state index is 11.9. The van der Waals surface area contributed by atoms with Gasteiger partial charge < -0.3 is 20.8 Å². The average Bonchev–Trinajstić information content (AvgIpc) is 2.53. The number of benzene rings is 1. The Balaban J connectivity index is 1.66. The van der Waals surface area contributed by atoms with Gasteiger partial charge in [0.1, 0.15) is 5.75 Å². The van der Waals surface area contributed by atoms with Crippen LogP contribution in [0.5, 0.6) is 5.75 Å². The van der Waals surface area contributed by atoms with Crippen molar-refractivity contribution in [1.29, 1.82) is 0 Å². The third-order valence-corrected chi connectivity index (χ3v) is 4.54. The molecule has 1 aromatic carbocycles. The van der Waals surface area contributed by atoms with Gasteiger partial charge in [0.15, 0.2) is 0 Å². The molecule has 0 saturated heterocycles. The van der Waals surface area contributed by atoms with Crippen molar-refractivity contribution in [2.75, 3.05) is 6.54 Å². The lowest BCUT2D eigenvalue weighted by Crippen LogP contribution is -2.49. The van der Waals surface area contributed by atoms with E-state index < -0.39 is 5.60 Å². The van der Waals surface area contributed by atoms with E-state index in [4.69, 9.17) is 0 Å². The minimum absolute atomic E-state index is 0.0461. The van der Waals surface area contributed by atoms with Crippen molar-refractivity contribution in [3.8, 4) is 5.75 Å². The van der Waals surface area contributed by atoms with Crippen molar-refractivity contribution < 1.29 is 15.0 Å². The number of nitrogens with one attached hydrogen (secondary N) is 2. The molecule has 1 atom stereocenters. The molecule has 2 amide bonds. The lowest BCUT2D eigenvalue weighted by atomic mass is 9.85. The summed E-state index contributed by atoms with van der Waals surface area (Å²) < 4.78 is 0. The van der Waals surface area contributed by atoms with E-state index in [0.29, 0.717) is 6.54 Å². The summed E-state index contributed by atoms with van der Waals surface area (Å²) in [6.07, 6.45) is 6.43. The van der Waals surface area contributed by atoms with Crippen LogP contribution in [-0.4, -0.2) is 34.4 Å². The predicted octanol–water partition coefficient (Wildman–Crippen LogP) is 2.71. The molecule has 0 radical (unpaired) electrons. The number of rotatable bonds is 6. The lowest BCUT2D eigenvalue weighted by Gasteiger charge is -2.32. The first-order chi connectivity index (χ1) is 11.0. The van der Waals surface area contributed by atoms with Crippen LogP contribution in [0.3, 0.4) is 0 Å². The van der Waals surface area contributed by atoms with Crippen LogP contribution in [0.2, 0.25) is 0 Å². The molecule has 0 bridgehead atoms. The zero-order valence-electron chi connectivity index (χ0n) is 13.8. The van der Waals surface area contributed by atoms with E-state index in [1.165, 1.54) is 6.42 Å². The van der Waals surface area contributed by atoms with E-state index in [1.807, 2.05) is 19.1 Å². The smallest absolute Gasteiger partial charge is 0.315 e. The largest absolute Gasteiger partial charge is 0.508 e. The van der Waals surface area contributed by atoms with Gasteiger partial charge in [-0.2, -0.15) is 0 Å². The van der Waals surface area contributed by atoms with Gasteiger partial charge in [-0.25, -0.2) is 4.79 Å². The van der Waals surface area contributed by atoms with Gasteiger partial charge in [0.05, 0.1) is 5.60 Å². The first-order valence-corrected chi connectivity index (χ1v) is 8.51. The van der Waals surface area contributed by atoms with E-state index >= 15 is 0 Å². The highest BCUT2D eigenvalue weighted by Crippen LogP contribution is 2.27. The van der Waals surface area contributed by atoms with E-state index in [9.17, 15) is 15.0 Å². The maximum absolute atomic E-state index is 11.9. The van der Waals surface area contributed by atoms with Gasteiger partial charge in [0, 0.05) is 12.6 Å². The number of aliphatic hydroxyl groups is 1. The SMILES string of the molecule is CC(CCc1ccc(O)cc1)NC(=O)NCC1(O)CCCCC1. The van der Waals surface area contributed by atoms with Crippen LogP contribution in [0.15, 0.2) is 24.3 Å². The number of carbonyl (C=O) groups is 1. The molecule has 23 heavy (non-hydrogen) atoms. The Labute approximate surface area is 138 Å². The molecule has 128 valence electrons. The predicted molar refractivity (Wildman–Crippen MR) is 90.5 cm³/mol. The molecule has 5 nitrogen and oxygen atoms in total. The van der Waals surface area contributed by atoms with Crippen molar-refractivity contribution in [2.45, 2.75) is 63.5 Å². The summed E-state index contributed by atoms with van der Waals surface area (Å²) in [6.45, 7) is 2.29. The number of hydrogen-bond donors (Lipinski definition) is 4. The maximum Gasteiger partial charge on any atom is 0.315 e. The molecule has 2 rings (SSSR count). The highest BCUT2D eigenvalue weighted by Gasteiger charge is 2.29. The molecule has 0 aliphatic heterocycles. The fourth-order valence-corrected chi connectivity index (χ4v) is 3.02. The number of urea groups is 1. The van der Waals surface area contributed by atoms with Gasteiger partial charge >= 0.3 is 6.03 Å². The monoisotopic (exact) mass is 320 g/mol. The molecule has 1 aliphatic carbocycles. The first-order valence-electron chi connectivity index (χ1n) is 8.51. The van der Waals surface area contributed by atoms with Gasteiger partial charge in [-0.3, -0.25) is 0 Å². The number of aromatic hydroxyl groups is 1. The Morgan fingerprint density at radius 3 is 2.52 bits per heavy atom. The second-order valence-corrected chi connectivity index (χ2v) is 6.72. The second kappa shape index (κ2) is 8.20. The molecule has 0 spiro atoms. The molecule has 0 heterocycles. The Bertz CT molecular complexity index is 495. The summed E-state index contributed by atoms with van der Waals surface area (Å²) in [4.78, 5) is 11.9. The van der Waals surface area contributed by atoms with Crippen molar-refractivity contribution in [3.05, 3.63) is 29.8 Å². The molecule has 1 aliphatic rings. The zero-order chi connectivity index (χ0) is 16.7. The van der Waals surface area contributed by atoms with E-state index in [-0.39, 0.29) is 17.8 Å². The van der Waals surface area contributed by atoms with Gasteiger partial charge in [0.2, 0.25) is 0 Å². The van der Waals surface area contributed by atoms with Crippen LogP contribution in [0, 0.1) is 0 Å². The average molecular weight is 320 g/mol. The van der Waals surface area contributed by atoms with Gasteiger partial charge in [-0.05, 0) is 50.3 Å². The number of carbonyl (C=O) groups excluding carboxylic acids is 1. The van der Waals surface area contributed by atoms with Crippen molar-refractivity contribution >= 4 is 6.03 Å². The third-order valence-electron chi connectivity index (χ3n) is 4.54. The van der Waals surface area contributed by atoms with Gasteiger partial charge in [-0.15, -0.1) is 0 Å². The fourth-order valence-electron chi connectivity index (χ4n) is 3.02. The summed E-state index contributed by atoms with van der Waals surface area (Å²) in [5, 5.41) is 25.3. The van der Waals surface area contributed by atoms with Crippen LogP contribution in [0.4, 0.5) is 4.79 Å². The second-order valence-electron chi connectivity index (χ2n) is 6.72. The minimum Gasteiger partial charge on any atom is -0.508 e. The summed E-state index contributed by atoms with van der Waals surface area (Å²) in [5.41, 5.74) is 0.401. The Morgan fingerprint density at radius 2 is 1.87 bits per heavy atom. The molecule has 4 N–H and O–H groups in total. The van der Waals surface area contributed by atoms with Crippen LogP contribution >= 0.6 is 0 Å². The summed E-state index contributed by atoms with van der Waals surface area (Å²) >= 11 is 0. The standard InChI is InChI=1S/C18H28N2O3/c1-14(5-6-15-7-9-16(21)10-8-15)20-17(22)19-13-18(23)11-3-2-4-12-18/h7-10,14,21,23H,2-6,11-13H2,1H3,(H2,19,20,22). The summed E-state index contributed by atoms with van der Waals surface area (Å²) in [5.74, 6) is 0.264. The highest BCUT2D eigenvalue weighted by molar-refractivity contribution is 5.74. The molecule has 5 heteroatoms. The summed E-state index contributed by atoms with van der Waals surface area (Å²) in [6, 6.07) is 6.95. The first kappa shape index (κ1) is 17.6. The van der Waals surface area contributed by atoms with Gasteiger partial charge in [0.25, 0.3) is 0 Å².